The van der Waals surface area contributed by atoms with Crippen LogP contribution in [0.2, 0.25) is 5.02 Å². The van der Waals surface area contributed by atoms with Crippen molar-refractivity contribution in [1.29, 1.82) is 0 Å². The first-order valence-corrected chi connectivity index (χ1v) is 10.1. The van der Waals surface area contributed by atoms with Crippen molar-refractivity contribution in [2.24, 2.45) is 0 Å². The maximum Gasteiger partial charge on any atom is 0.291 e. The molecule has 1 fully saturated rings. The number of nitrogens with zero attached hydrogens (tertiary/aromatic N) is 1. The molecule has 0 aliphatic carbocycles. The van der Waals surface area contributed by atoms with Crippen LogP contribution < -0.4 is 10.6 Å². The SMILES string of the molecule is CNC(=O)[C@@H]1C[C@@H](F)C[N+]1(C)C1(Cc2ccccc2)C(=O)Nc2ccc(Cl)cc21. The van der Waals surface area contributed by atoms with E-state index in [1.807, 2.05) is 37.4 Å². The van der Waals surface area contributed by atoms with Gasteiger partial charge in [0.2, 0.25) is 5.54 Å². The molecule has 0 spiro atoms. The van der Waals surface area contributed by atoms with Gasteiger partial charge in [0.05, 0.1) is 12.7 Å². The monoisotopic (exact) mass is 416 g/mol. The lowest BCUT2D eigenvalue weighted by Gasteiger charge is -2.48. The van der Waals surface area contributed by atoms with Crippen molar-refractivity contribution in [2.45, 2.75) is 30.6 Å². The second-order valence-electron chi connectivity index (χ2n) is 8.08. The predicted octanol–water partition coefficient (Wildman–Crippen LogP) is 3.03. The van der Waals surface area contributed by atoms with Gasteiger partial charge < -0.3 is 10.6 Å². The number of nitrogens with one attached hydrogen (secondary N) is 2. The highest BCUT2D eigenvalue weighted by molar-refractivity contribution is 6.31. The summed E-state index contributed by atoms with van der Waals surface area (Å²) in [6.45, 7) is 0.0737. The van der Waals surface area contributed by atoms with Crippen molar-refractivity contribution in [3.8, 4) is 0 Å². The second kappa shape index (κ2) is 7.11. The summed E-state index contributed by atoms with van der Waals surface area (Å²) in [6, 6.07) is 14.2. The maximum absolute atomic E-state index is 14.8. The van der Waals surface area contributed by atoms with Gasteiger partial charge in [0, 0.05) is 30.5 Å². The van der Waals surface area contributed by atoms with Crippen LogP contribution in [-0.2, 0) is 21.5 Å². The molecule has 2 aliphatic heterocycles. The number of rotatable bonds is 4. The van der Waals surface area contributed by atoms with Gasteiger partial charge in [-0.25, -0.2) is 4.39 Å². The molecular formula is C22H24ClFN3O2+. The normalized spacial score (nSPS) is 30.7. The van der Waals surface area contributed by atoms with Crippen LogP contribution in [0.4, 0.5) is 10.1 Å². The predicted molar refractivity (Wildman–Crippen MR) is 110 cm³/mol. The maximum atomic E-state index is 14.8. The van der Waals surface area contributed by atoms with Crippen molar-refractivity contribution in [3.05, 3.63) is 64.7 Å². The number of carbonyl (C=O) groups excluding carboxylic acids is 2. The van der Waals surface area contributed by atoms with Crippen molar-refractivity contribution in [3.63, 3.8) is 0 Å². The van der Waals surface area contributed by atoms with Crippen LogP contribution in [-0.4, -0.2) is 49.2 Å². The number of benzene rings is 2. The zero-order chi connectivity index (χ0) is 20.8. The van der Waals surface area contributed by atoms with E-state index in [2.05, 4.69) is 10.6 Å². The lowest BCUT2D eigenvalue weighted by molar-refractivity contribution is -0.959. The Morgan fingerprint density at radius 2 is 2.03 bits per heavy atom. The summed E-state index contributed by atoms with van der Waals surface area (Å²) in [5, 5.41) is 6.12. The molecule has 2 unspecified atom stereocenters. The zero-order valence-corrected chi connectivity index (χ0v) is 17.2. The Hall–Kier alpha value is -2.44. The first-order valence-electron chi connectivity index (χ1n) is 9.68. The lowest BCUT2D eigenvalue weighted by atomic mass is 9.80. The van der Waals surface area contributed by atoms with Gasteiger partial charge in [-0.15, -0.1) is 0 Å². The molecule has 2 N–H and O–H groups in total. The Morgan fingerprint density at radius 1 is 1.31 bits per heavy atom. The van der Waals surface area contributed by atoms with Crippen LogP contribution in [0.5, 0.6) is 0 Å². The summed E-state index contributed by atoms with van der Waals surface area (Å²) in [7, 11) is 3.36. The molecule has 0 radical (unpaired) electrons. The van der Waals surface area contributed by atoms with Crippen LogP contribution >= 0.6 is 11.6 Å². The molecule has 2 heterocycles. The fraction of sp³-hybridized carbons (Fsp3) is 0.364. The molecular weight excluding hydrogens is 393 g/mol. The van der Waals surface area contributed by atoms with Crippen LogP contribution in [0.25, 0.3) is 0 Å². The van der Waals surface area contributed by atoms with Gasteiger partial charge in [0.1, 0.15) is 6.54 Å². The lowest BCUT2D eigenvalue weighted by Crippen LogP contribution is -2.69. The Morgan fingerprint density at radius 3 is 2.72 bits per heavy atom. The Bertz CT molecular complexity index is 970. The molecule has 0 saturated carbocycles. The number of likely N-dealkylation sites (tertiary alicyclic amines) is 1. The minimum absolute atomic E-state index is 0.0398. The van der Waals surface area contributed by atoms with Crippen molar-refractivity contribution in [2.75, 3.05) is 26.0 Å². The van der Waals surface area contributed by atoms with E-state index >= 15 is 0 Å². The number of quaternary nitrogens is 1. The minimum atomic E-state index is -1.18. The van der Waals surface area contributed by atoms with E-state index in [4.69, 9.17) is 11.6 Å². The van der Waals surface area contributed by atoms with Gasteiger partial charge in [-0.05, 0) is 23.8 Å². The third kappa shape index (κ3) is 2.93. The van der Waals surface area contributed by atoms with E-state index in [1.165, 1.54) is 0 Å². The van der Waals surface area contributed by atoms with Crippen LogP contribution in [0.15, 0.2) is 48.5 Å². The van der Waals surface area contributed by atoms with Crippen molar-refractivity contribution < 1.29 is 18.5 Å². The number of amides is 2. The Balaban J connectivity index is 1.96. The van der Waals surface area contributed by atoms with E-state index in [0.29, 0.717) is 22.7 Å². The molecule has 1 saturated heterocycles. The van der Waals surface area contributed by atoms with Crippen LogP contribution in [0.3, 0.4) is 0 Å². The highest BCUT2D eigenvalue weighted by atomic mass is 35.5. The van der Waals surface area contributed by atoms with Crippen molar-refractivity contribution in [1.82, 2.24) is 5.32 Å². The largest absolute Gasteiger partial charge is 0.354 e. The first-order chi connectivity index (χ1) is 13.8. The summed E-state index contributed by atoms with van der Waals surface area (Å²) in [6.07, 6.45) is -0.759. The summed E-state index contributed by atoms with van der Waals surface area (Å²) in [5.41, 5.74) is 1.14. The highest BCUT2D eigenvalue weighted by Crippen LogP contribution is 2.51. The molecule has 2 amide bonds. The van der Waals surface area contributed by atoms with Gasteiger partial charge in [0.15, 0.2) is 12.2 Å². The van der Waals surface area contributed by atoms with E-state index in [1.54, 1.807) is 25.2 Å². The quantitative estimate of drug-likeness (QED) is 0.753. The smallest absolute Gasteiger partial charge is 0.291 e. The van der Waals surface area contributed by atoms with Crippen molar-refractivity contribution >= 4 is 29.1 Å². The van der Waals surface area contributed by atoms with E-state index in [9.17, 15) is 14.0 Å². The molecule has 29 heavy (non-hydrogen) atoms. The zero-order valence-electron chi connectivity index (χ0n) is 16.4. The molecule has 7 heteroatoms. The van der Waals surface area contributed by atoms with Gasteiger partial charge in [-0.1, -0.05) is 41.9 Å². The average Bonchev–Trinajstić information content (AvgIpc) is 3.17. The molecule has 2 aromatic rings. The molecule has 4 atom stereocenters. The molecule has 0 bridgehead atoms. The number of fused-ring (bicyclic) bond motifs is 1. The van der Waals surface area contributed by atoms with Gasteiger partial charge in [0.25, 0.3) is 11.8 Å². The van der Waals surface area contributed by atoms with E-state index < -0.39 is 17.8 Å². The minimum Gasteiger partial charge on any atom is -0.354 e. The number of anilines is 1. The Labute approximate surface area is 174 Å². The number of hydrogen-bond acceptors (Lipinski definition) is 2. The number of likely N-dealkylation sites (N-methyl/N-ethyl adjacent to an activating group) is 2. The third-order valence-corrected chi connectivity index (χ3v) is 6.75. The number of halogens is 2. The fourth-order valence-corrected chi connectivity index (χ4v) is 5.28. The van der Waals surface area contributed by atoms with E-state index in [-0.39, 0.29) is 29.3 Å². The molecule has 2 aliphatic rings. The highest BCUT2D eigenvalue weighted by Gasteiger charge is 2.67. The molecule has 4 rings (SSSR count). The number of carbonyl (C=O) groups is 2. The van der Waals surface area contributed by atoms with Gasteiger partial charge in [-0.2, -0.15) is 0 Å². The molecule has 0 aromatic heterocycles. The number of hydrogen-bond donors (Lipinski definition) is 2. The average molecular weight is 417 g/mol. The summed E-state index contributed by atoms with van der Waals surface area (Å²) < 4.78 is 14.7. The molecule has 2 aromatic carbocycles. The summed E-state index contributed by atoms with van der Waals surface area (Å²) >= 11 is 6.31. The Kier molecular flexibility index (Phi) is 4.87. The first kappa shape index (κ1) is 19.9. The van der Waals surface area contributed by atoms with E-state index in [0.717, 1.165) is 5.56 Å². The van der Waals surface area contributed by atoms with Crippen LogP contribution in [0.1, 0.15) is 17.5 Å². The third-order valence-electron chi connectivity index (χ3n) is 6.52. The van der Waals surface area contributed by atoms with Gasteiger partial charge >= 0.3 is 0 Å². The second-order valence-corrected chi connectivity index (χ2v) is 8.52. The topological polar surface area (TPSA) is 58.2 Å². The standard InChI is InChI=1S/C22H23ClFN3O2/c1-25-20(28)19-11-16(24)13-27(19,2)22(12-14-6-4-3-5-7-14)17-10-15(23)8-9-18(17)26-21(22)29/h3-10,16,19H,11-13H2,1-2H3,(H-,25,26,28,29)/p+1/t16-,19+,22?,27?/m1/s1. The molecule has 152 valence electrons. The van der Waals surface area contributed by atoms with Crippen LogP contribution in [0, 0.1) is 0 Å². The molecule has 5 nitrogen and oxygen atoms in total. The summed E-state index contributed by atoms with van der Waals surface area (Å²) in [5.74, 6) is -0.493. The summed E-state index contributed by atoms with van der Waals surface area (Å²) in [4.78, 5) is 26.4. The fourth-order valence-electron chi connectivity index (χ4n) is 5.11. The number of alkyl halides is 1. The van der Waals surface area contributed by atoms with Gasteiger partial charge in [-0.3, -0.25) is 14.1 Å².